The summed E-state index contributed by atoms with van der Waals surface area (Å²) in [6, 6.07) is 0. The van der Waals surface area contributed by atoms with Crippen molar-refractivity contribution in [3.63, 3.8) is 0 Å². The van der Waals surface area contributed by atoms with Gasteiger partial charge in [0.25, 0.3) is 0 Å². The van der Waals surface area contributed by atoms with Gasteiger partial charge in [-0.3, -0.25) is 4.79 Å². The summed E-state index contributed by atoms with van der Waals surface area (Å²) in [5.41, 5.74) is 0. The fourth-order valence-electron chi connectivity index (χ4n) is 4.07. The molecule has 245 valence electrons. The summed E-state index contributed by atoms with van der Waals surface area (Å²) in [7, 11) is 0. The molecular weight excluding hydrogens is 534 g/mol. The van der Waals surface area contributed by atoms with E-state index in [0.29, 0.717) is 26.2 Å². The van der Waals surface area contributed by atoms with Crippen LogP contribution in [0, 0.1) is 12.8 Å². The second kappa shape index (κ2) is 30.6. The highest BCUT2D eigenvalue weighted by atomic mass is 16.7. The van der Waals surface area contributed by atoms with Gasteiger partial charge in [0.1, 0.15) is 6.61 Å². The van der Waals surface area contributed by atoms with Crippen LogP contribution in [0.2, 0.25) is 0 Å². The molecule has 0 aliphatic carbocycles. The Morgan fingerprint density at radius 3 is 1.83 bits per heavy atom. The molecule has 1 unspecified atom stereocenters. The molecule has 42 heavy (non-hydrogen) atoms. The minimum Gasteiger partial charge on any atom is -0.465 e. The van der Waals surface area contributed by atoms with Gasteiger partial charge in [-0.05, 0) is 52.1 Å². The summed E-state index contributed by atoms with van der Waals surface area (Å²) < 4.78 is 27.3. The molecule has 1 radical (unpaired) electrons. The molecule has 8 heteroatoms. The molecule has 0 aromatic rings. The maximum absolute atomic E-state index is 12.3. The Labute approximate surface area is 257 Å². The summed E-state index contributed by atoms with van der Waals surface area (Å²) in [4.78, 5) is 26.4. The van der Waals surface area contributed by atoms with Gasteiger partial charge >= 0.3 is 12.1 Å². The molecule has 0 aliphatic heterocycles. The monoisotopic (exact) mass is 596 g/mol. The average Bonchev–Trinajstić information content (AvgIpc) is 2.99. The summed E-state index contributed by atoms with van der Waals surface area (Å²) in [5, 5.41) is 0. The quantitative estimate of drug-likeness (QED) is 0.0371. The fourth-order valence-corrected chi connectivity index (χ4v) is 4.07. The molecule has 0 aromatic heterocycles. The third kappa shape index (κ3) is 27.0. The van der Waals surface area contributed by atoms with Gasteiger partial charge in [-0.25, -0.2) is 4.79 Å². The van der Waals surface area contributed by atoms with Crippen LogP contribution in [0.5, 0.6) is 0 Å². The highest BCUT2D eigenvalue weighted by Crippen LogP contribution is 2.09. The van der Waals surface area contributed by atoms with E-state index in [4.69, 9.17) is 23.7 Å². The number of carbonyl (C=O) groups is 2. The third-order valence-electron chi connectivity index (χ3n) is 6.77. The fraction of sp³-hybridized carbons (Fsp3) is 0.794. The number of rotatable bonds is 29. The number of ether oxygens (including phenoxy) is 5. The lowest BCUT2D eigenvalue weighted by atomic mass is 10.1. The SMILES string of the molecule is [CH2]C(COC(=O)CCC(OC/C=C\CCCCCC)OC/C=C\CCCCCC)COC(=O)OCCCN(CC)CC. The third-order valence-corrected chi connectivity index (χ3v) is 6.77. The smallest absolute Gasteiger partial charge is 0.465 e. The number of allylic oxidation sites excluding steroid dienone is 2. The molecule has 0 spiro atoms. The van der Waals surface area contributed by atoms with Crippen LogP contribution in [0.1, 0.15) is 111 Å². The number of esters is 1. The van der Waals surface area contributed by atoms with Crippen molar-refractivity contribution in [1.82, 2.24) is 4.90 Å². The first-order chi connectivity index (χ1) is 20.5. The van der Waals surface area contributed by atoms with Crippen LogP contribution in [-0.4, -0.2) is 76.0 Å². The molecule has 0 bridgehead atoms. The van der Waals surface area contributed by atoms with E-state index in [9.17, 15) is 9.59 Å². The topological polar surface area (TPSA) is 83.5 Å². The standard InChI is InChI=1S/C34H62NO7/c1-6-10-12-14-16-18-20-26-38-33(39-27-21-19-17-15-13-11-7-2)24-23-32(36)41-29-31(5)30-42-34(37)40-28-22-25-35(8-3)9-4/h18-21,31,33H,5-17,22-30H2,1-4H3/b20-18-,21-19-. The minimum atomic E-state index is -0.725. The van der Waals surface area contributed by atoms with Crippen LogP contribution in [0.15, 0.2) is 24.3 Å². The van der Waals surface area contributed by atoms with Gasteiger partial charge < -0.3 is 28.6 Å². The minimum absolute atomic E-state index is 0.0204. The number of carbonyl (C=O) groups excluding carboxylic acids is 2. The highest BCUT2D eigenvalue weighted by molar-refractivity contribution is 5.69. The van der Waals surface area contributed by atoms with E-state index in [-0.39, 0.29) is 31.5 Å². The maximum atomic E-state index is 12.3. The number of unbranched alkanes of at least 4 members (excludes halogenated alkanes) is 8. The zero-order valence-corrected chi connectivity index (χ0v) is 27.3. The molecule has 0 aromatic carbocycles. The van der Waals surface area contributed by atoms with Crippen molar-refractivity contribution >= 4 is 12.1 Å². The second-order valence-electron chi connectivity index (χ2n) is 10.6. The first-order valence-electron chi connectivity index (χ1n) is 16.5. The second-order valence-corrected chi connectivity index (χ2v) is 10.6. The van der Waals surface area contributed by atoms with Gasteiger partial charge in [-0.2, -0.15) is 0 Å². The van der Waals surface area contributed by atoms with Crippen molar-refractivity contribution in [1.29, 1.82) is 0 Å². The average molecular weight is 597 g/mol. The van der Waals surface area contributed by atoms with E-state index in [1.54, 1.807) is 0 Å². The maximum Gasteiger partial charge on any atom is 0.508 e. The molecule has 8 nitrogen and oxygen atoms in total. The van der Waals surface area contributed by atoms with Crippen LogP contribution in [-0.2, 0) is 28.5 Å². The number of hydrogen-bond donors (Lipinski definition) is 0. The van der Waals surface area contributed by atoms with Crippen molar-refractivity contribution < 1.29 is 33.3 Å². The van der Waals surface area contributed by atoms with Crippen molar-refractivity contribution in [3.8, 4) is 0 Å². The molecule has 0 saturated heterocycles. The summed E-state index contributed by atoms with van der Waals surface area (Å²) in [6.07, 6.45) is 20.4. The predicted octanol–water partition coefficient (Wildman–Crippen LogP) is 8.06. The highest BCUT2D eigenvalue weighted by Gasteiger charge is 2.15. The Bertz CT molecular complexity index is 653. The van der Waals surface area contributed by atoms with Gasteiger partial charge in [0.2, 0.25) is 0 Å². The van der Waals surface area contributed by atoms with Crippen LogP contribution >= 0.6 is 0 Å². The van der Waals surface area contributed by atoms with E-state index >= 15 is 0 Å². The van der Waals surface area contributed by atoms with Crippen molar-refractivity contribution in [2.24, 2.45) is 5.92 Å². The number of nitrogens with zero attached hydrogens (tertiary/aromatic N) is 1. The molecule has 0 heterocycles. The first kappa shape index (κ1) is 40.1. The lowest BCUT2D eigenvalue weighted by Crippen LogP contribution is -2.25. The van der Waals surface area contributed by atoms with E-state index in [1.165, 1.54) is 51.4 Å². The van der Waals surface area contributed by atoms with Crippen molar-refractivity contribution in [3.05, 3.63) is 31.2 Å². The van der Waals surface area contributed by atoms with Gasteiger partial charge in [-0.15, -0.1) is 0 Å². The molecule has 0 N–H and O–H groups in total. The Morgan fingerprint density at radius 1 is 0.714 bits per heavy atom. The summed E-state index contributed by atoms with van der Waals surface area (Å²) in [5.74, 6) is -0.747. The molecule has 0 fully saturated rings. The van der Waals surface area contributed by atoms with Crippen LogP contribution in [0.4, 0.5) is 4.79 Å². The van der Waals surface area contributed by atoms with Gasteiger partial charge in [0.05, 0.1) is 32.8 Å². The van der Waals surface area contributed by atoms with E-state index < -0.39 is 12.4 Å². The normalized spacial score (nSPS) is 12.5. The van der Waals surface area contributed by atoms with E-state index in [2.05, 4.69) is 51.7 Å². The lowest BCUT2D eigenvalue weighted by Gasteiger charge is -2.18. The van der Waals surface area contributed by atoms with E-state index in [0.717, 1.165) is 38.9 Å². The van der Waals surface area contributed by atoms with Gasteiger partial charge in [-0.1, -0.05) is 90.5 Å². The summed E-state index contributed by atoms with van der Waals surface area (Å²) in [6.45, 7) is 16.6. The Hall–Kier alpha value is -1.90. The van der Waals surface area contributed by atoms with Gasteiger partial charge in [0.15, 0.2) is 6.29 Å². The Morgan fingerprint density at radius 2 is 1.29 bits per heavy atom. The zero-order chi connectivity index (χ0) is 31.1. The van der Waals surface area contributed by atoms with Crippen molar-refractivity contribution in [2.45, 2.75) is 117 Å². The Kier molecular flexibility index (Phi) is 29.2. The molecule has 0 amide bonds. The molecule has 1 atom stereocenters. The van der Waals surface area contributed by atoms with Crippen LogP contribution in [0.3, 0.4) is 0 Å². The van der Waals surface area contributed by atoms with Crippen molar-refractivity contribution in [2.75, 3.05) is 52.7 Å². The molecule has 0 aliphatic rings. The van der Waals surface area contributed by atoms with Crippen LogP contribution < -0.4 is 0 Å². The van der Waals surface area contributed by atoms with Gasteiger partial charge in [0, 0.05) is 18.9 Å². The Balaban J connectivity index is 4.32. The largest absolute Gasteiger partial charge is 0.508 e. The zero-order valence-electron chi connectivity index (χ0n) is 27.3. The van der Waals surface area contributed by atoms with Crippen LogP contribution in [0.25, 0.3) is 0 Å². The summed E-state index contributed by atoms with van der Waals surface area (Å²) >= 11 is 0. The molecule has 0 rings (SSSR count). The number of hydrogen-bond acceptors (Lipinski definition) is 8. The van der Waals surface area contributed by atoms with E-state index in [1.807, 2.05) is 12.2 Å². The molecular formula is C34H62NO7. The lowest BCUT2D eigenvalue weighted by molar-refractivity contribution is -0.154. The first-order valence-corrected chi connectivity index (χ1v) is 16.5. The molecule has 0 saturated carbocycles. The predicted molar refractivity (Wildman–Crippen MR) is 170 cm³/mol.